The molecule has 0 saturated carbocycles. The minimum absolute atomic E-state index is 0.00726. The molecule has 2 N–H and O–H groups in total. The number of hydrogen-bond donors (Lipinski definition) is 2. The maximum atomic E-state index is 13.4. The van der Waals surface area contributed by atoms with Gasteiger partial charge < -0.3 is 15.2 Å². The number of carbonyl (C=O) groups excluding carboxylic acids is 1. The van der Waals surface area contributed by atoms with Gasteiger partial charge in [-0.1, -0.05) is 12.1 Å². The second-order valence-electron chi connectivity index (χ2n) is 4.69. The van der Waals surface area contributed by atoms with Gasteiger partial charge in [0.25, 0.3) is 0 Å². The van der Waals surface area contributed by atoms with Crippen LogP contribution < -0.4 is 5.32 Å². The van der Waals surface area contributed by atoms with E-state index in [0.717, 1.165) is 6.07 Å². The molecule has 1 heterocycles. The number of amides is 1. The summed E-state index contributed by atoms with van der Waals surface area (Å²) in [7, 11) is 0. The smallest absolute Gasteiger partial charge is 0.224 e. The lowest BCUT2D eigenvalue weighted by molar-refractivity contribution is -0.121. The fourth-order valence-corrected chi connectivity index (χ4v) is 1.92. The Balaban J connectivity index is 1.89. The van der Waals surface area contributed by atoms with Gasteiger partial charge in [0.1, 0.15) is 5.60 Å². The van der Waals surface area contributed by atoms with E-state index in [1.165, 1.54) is 12.1 Å². The molecule has 1 saturated heterocycles. The number of aliphatic hydroxyl groups is 1. The fourth-order valence-electron chi connectivity index (χ4n) is 1.92. The molecule has 6 heteroatoms. The van der Waals surface area contributed by atoms with Crippen LogP contribution in [0, 0.1) is 11.6 Å². The average Bonchev–Trinajstić information content (AvgIpc) is 2.80. The topological polar surface area (TPSA) is 58.6 Å². The first-order chi connectivity index (χ1) is 9.00. The summed E-state index contributed by atoms with van der Waals surface area (Å²) >= 11 is 0. The Labute approximate surface area is 109 Å². The summed E-state index contributed by atoms with van der Waals surface area (Å²) in [5.41, 5.74) is -1.07. The molecule has 104 valence electrons. The van der Waals surface area contributed by atoms with E-state index in [1.807, 2.05) is 0 Å². The molecule has 0 radical (unpaired) electrons. The van der Waals surface area contributed by atoms with Crippen molar-refractivity contribution in [1.82, 2.24) is 5.32 Å². The summed E-state index contributed by atoms with van der Waals surface area (Å²) in [5, 5.41) is 12.4. The van der Waals surface area contributed by atoms with Crippen molar-refractivity contribution in [1.29, 1.82) is 0 Å². The predicted molar refractivity (Wildman–Crippen MR) is 63.5 cm³/mol. The summed E-state index contributed by atoms with van der Waals surface area (Å²) in [5.74, 6) is -2.46. The highest BCUT2D eigenvalue weighted by Gasteiger charge is 2.32. The molecule has 2 rings (SSSR count). The van der Waals surface area contributed by atoms with Crippen molar-refractivity contribution in [3.8, 4) is 0 Å². The lowest BCUT2D eigenvalue weighted by Gasteiger charge is -2.20. The number of carbonyl (C=O) groups is 1. The Morgan fingerprint density at radius 3 is 2.95 bits per heavy atom. The molecule has 19 heavy (non-hydrogen) atoms. The summed E-state index contributed by atoms with van der Waals surface area (Å²) in [6.45, 7) is 0.662. The van der Waals surface area contributed by atoms with Crippen LogP contribution in [0.3, 0.4) is 0 Å². The van der Waals surface area contributed by atoms with Crippen molar-refractivity contribution in [2.24, 2.45) is 0 Å². The summed E-state index contributed by atoms with van der Waals surface area (Å²) in [6.07, 6.45) is 0.183. The van der Waals surface area contributed by atoms with Gasteiger partial charge in [0.05, 0.1) is 13.0 Å². The Morgan fingerprint density at radius 1 is 1.47 bits per heavy atom. The van der Waals surface area contributed by atoms with Gasteiger partial charge in [-0.2, -0.15) is 0 Å². The molecule has 1 fully saturated rings. The summed E-state index contributed by atoms with van der Waals surface area (Å²) in [4.78, 5) is 11.6. The van der Waals surface area contributed by atoms with E-state index < -0.39 is 23.1 Å². The van der Waals surface area contributed by atoms with Gasteiger partial charge in [-0.25, -0.2) is 8.78 Å². The molecule has 0 bridgehead atoms. The first kappa shape index (κ1) is 13.9. The van der Waals surface area contributed by atoms with Crippen LogP contribution in [0.1, 0.15) is 12.0 Å². The minimum Gasteiger partial charge on any atom is -0.386 e. The van der Waals surface area contributed by atoms with E-state index in [4.69, 9.17) is 4.74 Å². The molecule has 1 amide bonds. The van der Waals surface area contributed by atoms with Crippen LogP contribution in [-0.4, -0.2) is 36.4 Å². The molecule has 1 atom stereocenters. The second kappa shape index (κ2) is 5.63. The van der Waals surface area contributed by atoms with E-state index in [-0.39, 0.29) is 25.1 Å². The van der Waals surface area contributed by atoms with Gasteiger partial charge in [-0.3, -0.25) is 4.79 Å². The van der Waals surface area contributed by atoms with Gasteiger partial charge >= 0.3 is 0 Å². The number of ether oxygens (including phenoxy) is 1. The van der Waals surface area contributed by atoms with E-state index in [2.05, 4.69) is 5.32 Å². The van der Waals surface area contributed by atoms with Crippen molar-refractivity contribution >= 4 is 5.91 Å². The number of nitrogens with one attached hydrogen (secondary N) is 1. The Kier molecular flexibility index (Phi) is 4.11. The van der Waals surface area contributed by atoms with E-state index in [9.17, 15) is 18.7 Å². The van der Waals surface area contributed by atoms with Gasteiger partial charge in [0, 0.05) is 25.1 Å². The lowest BCUT2D eigenvalue weighted by atomic mass is 10.0. The fraction of sp³-hybridized carbons (Fsp3) is 0.462. The van der Waals surface area contributed by atoms with Crippen LogP contribution in [-0.2, 0) is 16.0 Å². The normalized spacial score (nSPS) is 22.5. The molecule has 0 aromatic heterocycles. The molecule has 1 aromatic rings. The average molecular weight is 271 g/mol. The Bertz CT molecular complexity index is 473. The van der Waals surface area contributed by atoms with Crippen molar-refractivity contribution in [3.63, 3.8) is 0 Å². The van der Waals surface area contributed by atoms with Crippen LogP contribution in [0.5, 0.6) is 0 Å². The number of benzene rings is 1. The highest BCUT2D eigenvalue weighted by atomic mass is 19.2. The van der Waals surface area contributed by atoms with E-state index >= 15 is 0 Å². The zero-order chi connectivity index (χ0) is 13.9. The Morgan fingerprint density at radius 2 is 2.26 bits per heavy atom. The van der Waals surface area contributed by atoms with E-state index in [0.29, 0.717) is 13.0 Å². The third-order valence-corrected chi connectivity index (χ3v) is 3.08. The van der Waals surface area contributed by atoms with Crippen LogP contribution >= 0.6 is 0 Å². The molecule has 1 unspecified atom stereocenters. The largest absolute Gasteiger partial charge is 0.386 e. The molecular weight excluding hydrogens is 256 g/mol. The zero-order valence-electron chi connectivity index (χ0n) is 10.3. The van der Waals surface area contributed by atoms with Crippen molar-refractivity contribution in [2.75, 3.05) is 19.8 Å². The van der Waals surface area contributed by atoms with Gasteiger partial charge in [0.15, 0.2) is 11.6 Å². The van der Waals surface area contributed by atoms with Gasteiger partial charge in [-0.15, -0.1) is 0 Å². The van der Waals surface area contributed by atoms with Crippen LogP contribution in [0.4, 0.5) is 8.78 Å². The van der Waals surface area contributed by atoms with Crippen LogP contribution in [0.15, 0.2) is 18.2 Å². The molecule has 1 aliphatic rings. The zero-order valence-corrected chi connectivity index (χ0v) is 10.3. The SMILES string of the molecule is O=C(Cc1cccc(F)c1F)NCC1(O)CCOC1. The molecule has 1 aliphatic heterocycles. The maximum Gasteiger partial charge on any atom is 0.224 e. The third-order valence-electron chi connectivity index (χ3n) is 3.08. The van der Waals surface area contributed by atoms with Crippen LogP contribution in [0.25, 0.3) is 0 Å². The molecule has 0 spiro atoms. The maximum absolute atomic E-state index is 13.4. The standard InChI is InChI=1S/C13H15F2NO3/c14-10-3-1-2-9(12(10)15)6-11(17)16-7-13(18)4-5-19-8-13/h1-3,18H,4-8H2,(H,16,17). The number of hydrogen-bond acceptors (Lipinski definition) is 3. The summed E-state index contributed by atoms with van der Waals surface area (Å²) in [6, 6.07) is 3.69. The third kappa shape index (κ3) is 3.48. The number of halogens is 2. The van der Waals surface area contributed by atoms with Gasteiger partial charge in [-0.05, 0) is 6.07 Å². The Hall–Kier alpha value is -1.53. The van der Waals surface area contributed by atoms with E-state index in [1.54, 1.807) is 0 Å². The highest BCUT2D eigenvalue weighted by Crippen LogP contribution is 2.17. The quantitative estimate of drug-likeness (QED) is 0.850. The molecular formula is C13H15F2NO3. The minimum atomic E-state index is -1.06. The number of rotatable bonds is 4. The lowest BCUT2D eigenvalue weighted by Crippen LogP contribution is -2.43. The van der Waals surface area contributed by atoms with Crippen LogP contribution in [0.2, 0.25) is 0 Å². The first-order valence-electron chi connectivity index (χ1n) is 6.00. The monoisotopic (exact) mass is 271 g/mol. The highest BCUT2D eigenvalue weighted by molar-refractivity contribution is 5.78. The van der Waals surface area contributed by atoms with Crippen molar-refractivity contribution in [2.45, 2.75) is 18.4 Å². The predicted octanol–water partition coefficient (Wildman–Crippen LogP) is 0.775. The second-order valence-corrected chi connectivity index (χ2v) is 4.69. The summed E-state index contributed by atoms with van der Waals surface area (Å²) < 4.78 is 31.3. The van der Waals surface area contributed by atoms with Gasteiger partial charge in [0.2, 0.25) is 5.91 Å². The molecule has 0 aliphatic carbocycles. The molecule has 4 nitrogen and oxygen atoms in total. The first-order valence-corrected chi connectivity index (χ1v) is 6.00. The van der Waals surface area contributed by atoms with Crippen molar-refractivity contribution in [3.05, 3.63) is 35.4 Å². The van der Waals surface area contributed by atoms with Crippen molar-refractivity contribution < 1.29 is 23.4 Å². The molecule has 1 aromatic carbocycles.